The minimum Gasteiger partial charge on any atom is -0.369 e. The van der Waals surface area contributed by atoms with Crippen LogP contribution in [0, 0.1) is 11.3 Å². The number of nitriles is 1. The van der Waals surface area contributed by atoms with Gasteiger partial charge in [-0.1, -0.05) is 0 Å². The van der Waals surface area contributed by atoms with Gasteiger partial charge in [0.25, 0.3) is 0 Å². The van der Waals surface area contributed by atoms with E-state index in [0.29, 0.717) is 12.0 Å². The van der Waals surface area contributed by atoms with Crippen LogP contribution in [0.5, 0.6) is 0 Å². The Balaban J connectivity index is 1.86. The Bertz CT molecular complexity index is 887. The Morgan fingerprint density at radius 1 is 1.50 bits per heavy atom. The number of thioether (sulfide) groups is 1. The number of guanidine groups is 1. The monoisotopic (exact) mass is 363 g/mol. The van der Waals surface area contributed by atoms with E-state index in [1.807, 2.05) is 12.3 Å². The molecule has 2 aliphatic rings. The van der Waals surface area contributed by atoms with Gasteiger partial charge in [0.1, 0.15) is 6.07 Å². The molecule has 3 rings (SSSR count). The van der Waals surface area contributed by atoms with Gasteiger partial charge in [0.2, 0.25) is 16.0 Å². The van der Waals surface area contributed by atoms with Crippen LogP contribution in [0.1, 0.15) is 24.5 Å². The zero-order valence-electron chi connectivity index (χ0n) is 13.3. The third-order valence-corrected chi connectivity index (χ3v) is 7.69. The van der Waals surface area contributed by atoms with Crippen molar-refractivity contribution in [3.63, 3.8) is 0 Å². The lowest BCUT2D eigenvalue weighted by Crippen LogP contribution is -2.54. The lowest BCUT2D eigenvalue weighted by molar-refractivity contribution is 0.454. The maximum atomic E-state index is 12.3. The van der Waals surface area contributed by atoms with Crippen LogP contribution in [-0.2, 0) is 10.0 Å². The van der Waals surface area contributed by atoms with Crippen LogP contribution < -0.4 is 5.73 Å². The lowest BCUT2D eigenvalue weighted by Gasteiger charge is -2.37. The molecule has 0 bridgehead atoms. The van der Waals surface area contributed by atoms with Crippen molar-refractivity contribution in [2.24, 2.45) is 10.7 Å². The molecule has 0 radical (unpaired) electrons. The molecule has 0 spiro atoms. The number of aromatic nitrogens is 1. The summed E-state index contributed by atoms with van der Waals surface area (Å²) in [6.45, 7) is 1.82. The number of nitrogens with zero attached hydrogens (tertiary/aromatic N) is 4. The Morgan fingerprint density at radius 3 is 2.92 bits per heavy atom. The smallest absolute Gasteiger partial charge is 0.239 e. The summed E-state index contributed by atoms with van der Waals surface area (Å²) in [6, 6.07) is 3.86. The summed E-state index contributed by atoms with van der Waals surface area (Å²) in [4.78, 5) is 8.53. The SMILES string of the molecule is CN1C(N)=N[C@](C)(C2CC(c3cncc(C#N)c3)=CS2)CS1(=O)=O. The van der Waals surface area contributed by atoms with Crippen LogP contribution in [0.3, 0.4) is 0 Å². The van der Waals surface area contributed by atoms with Crippen LogP contribution >= 0.6 is 11.8 Å². The molecule has 0 saturated carbocycles. The fourth-order valence-electron chi connectivity index (χ4n) is 2.83. The van der Waals surface area contributed by atoms with Crippen LogP contribution in [-0.4, -0.2) is 47.3 Å². The van der Waals surface area contributed by atoms with E-state index in [1.165, 1.54) is 13.2 Å². The van der Waals surface area contributed by atoms with E-state index in [4.69, 9.17) is 11.0 Å². The third-order valence-electron chi connectivity index (χ3n) is 4.30. The summed E-state index contributed by atoms with van der Waals surface area (Å²) in [5, 5.41) is 10.9. The number of nitrogens with two attached hydrogens (primary N) is 1. The second-order valence-corrected chi connectivity index (χ2v) is 9.17. The number of rotatable bonds is 2. The highest BCUT2D eigenvalue weighted by atomic mass is 32.2. The summed E-state index contributed by atoms with van der Waals surface area (Å²) in [5.41, 5.74) is 7.41. The van der Waals surface area contributed by atoms with E-state index >= 15 is 0 Å². The number of allylic oxidation sites excluding steroid dienone is 1. The number of hydrogen-bond acceptors (Lipinski definition) is 7. The average Bonchev–Trinajstić information content (AvgIpc) is 3.03. The Hall–Kier alpha value is -2.05. The van der Waals surface area contributed by atoms with Crippen LogP contribution in [0.4, 0.5) is 0 Å². The van der Waals surface area contributed by atoms with Crippen molar-refractivity contribution < 1.29 is 8.42 Å². The molecule has 1 unspecified atom stereocenters. The van der Waals surface area contributed by atoms with Crippen LogP contribution in [0.2, 0.25) is 0 Å². The largest absolute Gasteiger partial charge is 0.369 e. The topological polar surface area (TPSA) is 112 Å². The lowest BCUT2D eigenvalue weighted by atomic mass is 9.93. The van der Waals surface area contributed by atoms with Gasteiger partial charge in [-0.2, -0.15) is 5.26 Å². The highest BCUT2D eigenvalue weighted by Gasteiger charge is 2.45. The molecule has 0 aliphatic carbocycles. The predicted octanol–water partition coefficient (Wildman–Crippen LogP) is 1.15. The molecular formula is C15H17N5O2S2. The van der Waals surface area contributed by atoms with Crippen LogP contribution in [0.25, 0.3) is 5.57 Å². The van der Waals surface area contributed by atoms with Gasteiger partial charge in [0, 0.05) is 24.7 Å². The maximum absolute atomic E-state index is 12.3. The number of hydrogen-bond donors (Lipinski definition) is 1. The van der Waals surface area contributed by atoms with Gasteiger partial charge < -0.3 is 5.73 Å². The van der Waals surface area contributed by atoms with Gasteiger partial charge in [0.05, 0.1) is 16.9 Å². The summed E-state index contributed by atoms with van der Waals surface area (Å²) in [7, 11) is -2.05. The fraction of sp³-hybridized carbons (Fsp3) is 0.400. The van der Waals surface area contributed by atoms with E-state index in [1.54, 1.807) is 24.0 Å². The standard InChI is InChI=1S/C15H17N5O2S2/c1-15(9-24(21,22)20(2)14(17)19-15)13-4-12(8-23-13)11-3-10(5-16)6-18-7-11/h3,6-8,13H,4,9H2,1-2H3,(H2,17,19)/t13?,15-/m0/s1. The van der Waals surface area contributed by atoms with E-state index in [2.05, 4.69) is 16.0 Å². The molecule has 2 N–H and O–H groups in total. The minimum atomic E-state index is -3.46. The quantitative estimate of drug-likeness (QED) is 0.843. The molecule has 9 heteroatoms. The van der Waals surface area contributed by atoms with E-state index in [-0.39, 0.29) is 17.0 Å². The average molecular weight is 363 g/mol. The summed E-state index contributed by atoms with van der Waals surface area (Å²) in [6.07, 6.45) is 3.87. The maximum Gasteiger partial charge on any atom is 0.239 e. The fourth-order valence-corrected chi connectivity index (χ4v) is 5.72. The van der Waals surface area contributed by atoms with Crippen molar-refractivity contribution in [3.8, 4) is 6.07 Å². The van der Waals surface area contributed by atoms with Gasteiger partial charge in [-0.05, 0) is 36.0 Å². The highest BCUT2D eigenvalue weighted by Crippen LogP contribution is 2.44. The van der Waals surface area contributed by atoms with E-state index < -0.39 is 15.6 Å². The predicted molar refractivity (Wildman–Crippen MR) is 94.5 cm³/mol. The first kappa shape index (κ1) is 16.8. The highest BCUT2D eigenvalue weighted by molar-refractivity contribution is 8.03. The molecule has 126 valence electrons. The Labute approximate surface area is 145 Å². The van der Waals surface area contributed by atoms with Crippen LogP contribution in [0.15, 0.2) is 28.9 Å². The first-order valence-electron chi connectivity index (χ1n) is 7.27. The molecule has 0 fully saturated rings. The second-order valence-electron chi connectivity index (χ2n) is 6.10. The molecule has 1 aromatic heterocycles. The first-order valence-corrected chi connectivity index (χ1v) is 9.82. The van der Waals surface area contributed by atoms with Crippen molar-refractivity contribution in [1.29, 1.82) is 5.26 Å². The molecule has 24 heavy (non-hydrogen) atoms. The minimum absolute atomic E-state index is 0.0194. The molecule has 0 amide bonds. The molecule has 2 atom stereocenters. The third kappa shape index (κ3) is 2.87. The Morgan fingerprint density at radius 2 is 2.25 bits per heavy atom. The first-order chi connectivity index (χ1) is 11.2. The van der Waals surface area contributed by atoms with E-state index in [9.17, 15) is 8.42 Å². The van der Waals surface area contributed by atoms with Gasteiger partial charge in [-0.3, -0.25) is 4.98 Å². The number of aliphatic imine (C=N–C) groups is 1. The molecule has 3 heterocycles. The van der Waals surface area contributed by atoms with Gasteiger partial charge in [-0.25, -0.2) is 17.7 Å². The van der Waals surface area contributed by atoms with Gasteiger partial charge in [-0.15, -0.1) is 11.8 Å². The Kier molecular flexibility index (Phi) is 4.05. The summed E-state index contributed by atoms with van der Waals surface area (Å²) >= 11 is 1.55. The molecule has 1 aromatic rings. The zero-order valence-corrected chi connectivity index (χ0v) is 14.9. The van der Waals surface area contributed by atoms with Crippen molar-refractivity contribution >= 4 is 33.3 Å². The number of sulfonamides is 1. The van der Waals surface area contributed by atoms with Crippen molar-refractivity contribution in [2.45, 2.75) is 24.1 Å². The molecule has 7 nitrogen and oxygen atoms in total. The van der Waals surface area contributed by atoms with Crippen molar-refractivity contribution in [2.75, 3.05) is 12.8 Å². The van der Waals surface area contributed by atoms with Gasteiger partial charge in [0.15, 0.2) is 0 Å². The van der Waals surface area contributed by atoms with Crippen molar-refractivity contribution in [3.05, 3.63) is 35.0 Å². The molecule has 0 aromatic carbocycles. The normalized spacial score (nSPS) is 28.9. The molecule has 2 aliphatic heterocycles. The summed E-state index contributed by atoms with van der Waals surface area (Å²) in [5.74, 6) is -0.0575. The zero-order chi connectivity index (χ0) is 17.5. The van der Waals surface area contributed by atoms with Crippen molar-refractivity contribution in [1.82, 2.24) is 9.29 Å². The number of pyridine rings is 1. The molecular weight excluding hydrogens is 346 g/mol. The molecule has 0 saturated heterocycles. The second kappa shape index (κ2) is 5.79. The summed E-state index contributed by atoms with van der Waals surface area (Å²) < 4.78 is 25.6. The van der Waals surface area contributed by atoms with Gasteiger partial charge >= 0.3 is 0 Å². The van der Waals surface area contributed by atoms with E-state index in [0.717, 1.165) is 15.4 Å².